The van der Waals surface area contributed by atoms with Crippen LogP contribution in [-0.4, -0.2) is 7.11 Å². The van der Waals surface area contributed by atoms with E-state index in [2.05, 4.69) is 77.7 Å². The lowest BCUT2D eigenvalue weighted by atomic mass is 10.1. The summed E-state index contributed by atoms with van der Waals surface area (Å²) in [5, 5.41) is 0. The van der Waals surface area contributed by atoms with Gasteiger partial charge in [-0.3, -0.25) is 0 Å². The Balaban J connectivity index is 1.82. The number of nitrogens with zero attached hydrogens (tertiary/aromatic N) is 1. The van der Waals surface area contributed by atoms with Gasteiger partial charge in [-0.2, -0.15) is 0 Å². The smallest absolute Gasteiger partial charge is 0.118 e. The van der Waals surface area contributed by atoms with Gasteiger partial charge in [0.1, 0.15) is 5.75 Å². The maximum atomic E-state index is 5.24. The van der Waals surface area contributed by atoms with Gasteiger partial charge in [0.2, 0.25) is 0 Å². The van der Waals surface area contributed by atoms with Crippen LogP contribution in [0.5, 0.6) is 5.75 Å². The molecule has 0 aliphatic rings. The Morgan fingerprint density at radius 2 is 1.17 bits per heavy atom. The largest absolute Gasteiger partial charge is 0.497 e. The molecule has 0 aliphatic heterocycles. The number of hydrogen-bond acceptors (Lipinski definition) is 2. The molecule has 0 aliphatic carbocycles. The zero-order valence-corrected chi connectivity index (χ0v) is 13.4. The molecule has 116 valence electrons. The van der Waals surface area contributed by atoms with Crippen LogP contribution < -0.4 is 9.64 Å². The number of ether oxygens (including phenoxy) is 1. The molecule has 3 aromatic carbocycles. The minimum absolute atomic E-state index is 0.864. The molecule has 0 fully saturated rings. The Morgan fingerprint density at radius 1 is 0.652 bits per heavy atom. The van der Waals surface area contributed by atoms with Crippen LogP contribution in [0, 0.1) is 0 Å². The van der Waals surface area contributed by atoms with E-state index in [9.17, 15) is 0 Å². The number of anilines is 1. The SMILES string of the molecule is COc1ccc(CN(Cc2ccccc2)c2ccccc2)cc1. The van der Waals surface area contributed by atoms with Gasteiger partial charge in [0.05, 0.1) is 7.11 Å². The summed E-state index contributed by atoms with van der Waals surface area (Å²) < 4.78 is 5.24. The van der Waals surface area contributed by atoms with Gasteiger partial charge in [-0.15, -0.1) is 0 Å². The van der Waals surface area contributed by atoms with Crippen LogP contribution in [0.25, 0.3) is 0 Å². The molecule has 0 radical (unpaired) electrons. The van der Waals surface area contributed by atoms with E-state index in [-0.39, 0.29) is 0 Å². The first-order chi connectivity index (χ1) is 11.3. The minimum Gasteiger partial charge on any atom is -0.497 e. The monoisotopic (exact) mass is 303 g/mol. The van der Waals surface area contributed by atoms with Crippen LogP contribution >= 0.6 is 0 Å². The second-order valence-electron chi connectivity index (χ2n) is 5.53. The Bertz CT molecular complexity index is 708. The van der Waals surface area contributed by atoms with Crippen molar-refractivity contribution < 1.29 is 4.74 Å². The van der Waals surface area contributed by atoms with Crippen molar-refractivity contribution in [1.82, 2.24) is 0 Å². The summed E-state index contributed by atoms with van der Waals surface area (Å²) in [5.74, 6) is 0.892. The van der Waals surface area contributed by atoms with E-state index in [1.807, 2.05) is 12.1 Å². The second-order valence-corrected chi connectivity index (χ2v) is 5.53. The number of para-hydroxylation sites is 1. The molecule has 23 heavy (non-hydrogen) atoms. The normalized spacial score (nSPS) is 10.3. The number of hydrogen-bond donors (Lipinski definition) is 0. The molecule has 0 heterocycles. The Morgan fingerprint density at radius 3 is 1.74 bits per heavy atom. The van der Waals surface area contributed by atoms with E-state index in [0.717, 1.165) is 18.8 Å². The van der Waals surface area contributed by atoms with E-state index in [0.29, 0.717) is 0 Å². The van der Waals surface area contributed by atoms with Crippen LogP contribution in [-0.2, 0) is 13.1 Å². The fourth-order valence-corrected chi connectivity index (χ4v) is 2.63. The van der Waals surface area contributed by atoms with Gasteiger partial charge < -0.3 is 9.64 Å². The maximum absolute atomic E-state index is 5.24. The molecule has 0 N–H and O–H groups in total. The van der Waals surface area contributed by atoms with Crippen molar-refractivity contribution in [3.8, 4) is 5.75 Å². The highest BCUT2D eigenvalue weighted by Gasteiger charge is 2.08. The minimum atomic E-state index is 0.864. The van der Waals surface area contributed by atoms with E-state index < -0.39 is 0 Å². The predicted octanol–water partition coefficient (Wildman–Crippen LogP) is 4.90. The topological polar surface area (TPSA) is 12.5 Å². The van der Waals surface area contributed by atoms with E-state index in [1.54, 1.807) is 7.11 Å². The fourth-order valence-electron chi connectivity index (χ4n) is 2.63. The number of rotatable bonds is 6. The molecule has 2 heteroatoms. The lowest BCUT2D eigenvalue weighted by Gasteiger charge is -2.25. The molecular formula is C21H21NO. The zero-order valence-electron chi connectivity index (χ0n) is 13.4. The second kappa shape index (κ2) is 7.50. The van der Waals surface area contributed by atoms with Crippen LogP contribution in [0.15, 0.2) is 84.9 Å². The van der Waals surface area contributed by atoms with Crippen LogP contribution in [0.4, 0.5) is 5.69 Å². The predicted molar refractivity (Wildman–Crippen MR) is 95.8 cm³/mol. The molecule has 3 aromatic rings. The molecule has 0 amide bonds. The van der Waals surface area contributed by atoms with Crippen molar-refractivity contribution in [1.29, 1.82) is 0 Å². The summed E-state index contributed by atoms with van der Waals surface area (Å²) in [6, 6.07) is 29.4. The van der Waals surface area contributed by atoms with Gasteiger partial charge in [0.25, 0.3) is 0 Å². The summed E-state index contributed by atoms with van der Waals surface area (Å²) in [6.45, 7) is 1.75. The zero-order chi connectivity index (χ0) is 15.9. The molecule has 0 bridgehead atoms. The molecular weight excluding hydrogens is 282 g/mol. The summed E-state index contributed by atoms with van der Waals surface area (Å²) in [4.78, 5) is 2.39. The van der Waals surface area contributed by atoms with Crippen molar-refractivity contribution in [2.45, 2.75) is 13.1 Å². The Kier molecular flexibility index (Phi) is 4.95. The van der Waals surface area contributed by atoms with Crippen LogP contribution in [0.2, 0.25) is 0 Å². The van der Waals surface area contributed by atoms with Crippen molar-refractivity contribution in [3.63, 3.8) is 0 Å². The highest BCUT2D eigenvalue weighted by molar-refractivity contribution is 5.47. The summed E-state index contributed by atoms with van der Waals surface area (Å²) in [7, 11) is 1.70. The van der Waals surface area contributed by atoms with Crippen molar-refractivity contribution in [3.05, 3.63) is 96.1 Å². The van der Waals surface area contributed by atoms with Gasteiger partial charge in [0, 0.05) is 18.8 Å². The first kappa shape index (κ1) is 15.2. The highest BCUT2D eigenvalue weighted by Crippen LogP contribution is 2.21. The average Bonchev–Trinajstić information content (AvgIpc) is 2.63. The van der Waals surface area contributed by atoms with Crippen molar-refractivity contribution in [2.75, 3.05) is 12.0 Å². The molecule has 0 saturated heterocycles. The fraction of sp³-hybridized carbons (Fsp3) is 0.143. The highest BCUT2D eigenvalue weighted by atomic mass is 16.5. The first-order valence-corrected chi connectivity index (χ1v) is 7.82. The van der Waals surface area contributed by atoms with Crippen LogP contribution in [0.3, 0.4) is 0 Å². The van der Waals surface area contributed by atoms with E-state index in [1.165, 1.54) is 16.8 Å². The van der Waals surface area contributed by atoms with E-state index >= 15 is 0 Å². The molecule has 2 nitrogen and oxygen atoms in total. The van der Waals surface area contributed by atoms with Gasteiger partial charge in [-0.25, -0.2) is 0 Å². The molecule has 0 aromatic heterocycles. The number of benzene rings is 3. The molecule has 0 spiro atoms. The average molecular weight is 303 g/mol. The van der Waals surface area contributed by atoms with E-state index in [4.69, 9.17) is 4.74 Å². The lowest BCUT2D eigenvalue weighted by Crippen LogP contribution is -2.21. The number of methoxy groups -OCH3 is 1. The summed E-state index contributed by atoms with van der Waals surface area (Å²) in [5.41, 5.74) is 3.81. The quantitative estimate of drug-likeness (QED) is 0.642. The van der Waals surface area contributed by atoms with Gasteiger partial charge >= 0.3 is 0 Å². The third-order valence-electron chi connectivity index (χ3n) is 3.87. The molecule has 0 atom stereocenters. The van der Waals surface area contributed by atoms with Gasteiger partial charge in [-0.05, 0) is 35.4 Å². The third-order valence-corrected chi connectivity index (χ3v) is 3.87. The Hall–Kier alpha value is -2.74. The molecule has 3 rings (SSSR count). The summed E-state index contributed by atoms with van der Waals surface area (Å²) >= 11 is 0. The molecule has 0 unspecified atom stereocenters. The maximum Gasteiger partial charge on any atom is 0.118 e. The lowest BCUT2D eigenvalue weighted by molar-refractivity contribution is 0.414. The van der Waals surface area contributed by atoms with Gasteiger partial charge in [-0.1, -0.05) is 60.7 Å². The third kappa shape index (κ3) is 4.13. The van der Waals surface area contributed by atoms with Crippen molar-refractivity contribution >= 4 is 5.69 Å². The van der Waals surface area contributed by atoms with Crippen LogP contribution in [0.1, 0.15) is 11.1 Å². The Labute approximate surface area is 138 Å². The first-order valence-electron chi connectivity index (χ1n) is 7.82. The van der Waals surface area contributed by atoms with Gasteiger partial charge in [0.15, 0.2) is 0 Å². The molecule has 0 saturated carbocycles. The standard InChI is InChI=1S/C21H21NO/c1-23-21-14-12-19(13-15-21)17-22(20-10-6-3-7-11-20)16-18-8-4-2-5-9-18/h2-15H,16-17H2,1H3. The summed E-state index contributed by atoms with van der Waals surface area (Å²) in [6.07, 6.45) is 0. The van der Waals surface area contributed by atoms with Crippen molar-refractivity contribution in [2.24, 2.45) is 0 Å².